The summed E-state index contributed by atoms with van der Waals surface area (Å²) < 4.78 is 31.7. The third-order valence-electron chi connectivity index (χ3n) is 6.06. The Kier molecular flexibility index (Phi) is 10.2. The highest BCUT2D eigenvalue weighted by Crippen LogP contribution is 2.37. The Morgan fingerprint density at radius 3 is 2.06 bits per heavy atom. The molecule has 0 aliphatic rings. The van der Waals surface area contributed by atoms with Crippen LogP contribution in [-0.4, -0.2) is 6.61 Å². The minimum atomic E-state index is -0.273. The van der Waals surface area contributed by atoms with Crippen LogP contribution in [0.15, 0.2) is 66.7 Å². The first kappa shape index (κ1) is 27.1. The summed E-state index contributed by atoms with van der Waals surface area (Å²) in [5.41, 5.74) is 2.71. The molecule has 3 aromatic carbocycles. The van der Waals surface area contributed by atoms with E-state index in [-0.39, 0.29) is 11.2 Å². The Morgan fingerprint density at radius 1 is 0.778 bits per heavy atom. The molecule has 0 saturated heterocycles. The van der Waals surface area contributed by atoms with Crippen LogP contribution in [0.3, 0.4) is 0 Å². The number of benzene rings is 3. The van der Waals surface area contributed by atoms with Crippen LogP contribution in [-0.2, 0) is 19.6 Å². The molecule has 0 radical (unpaired) electrons. The smallest absolute Gasteiger partial charge is 0.165 e. The van der Waals surface area contributed by atoms with Crippen LogP contribution in [0.2, 0.25) is 0 Å². The lowest BCUT2D eigenvalue weighted by Crippen LogP contribution is -2.08. The number of aryl methyl sites for hydroxylation is 1. The minimum Gasteiger partial charge on any atom is -0.493 e. The van der Waals surface area contributed by atoms with Gasteiger partial charge in [0.25, 0.3) is 0 Å². The number of unbranched alkanes of at least 4 members (excludes halogenated alkanes) is 2. The van der Waals surface area contributed by atoms with Gasteiger partial charge in [0.2, 0.25) is 0 Å². The van der Waals surface area contributed by atoms with E-state index in [1.54, 1.807) is 12.1 Å². The highest BCUT2D eigenvalue weighted by Gasteiger charge is 2.16. The molecule has 0 heterocycles. The maximum absolute atomic E-state index is 13.3. The summed E-state index contributed by atoms with van der Waals surface area (Å²) in [6.45, 7) is 7.37. The van der Waals surface area contributed by atoms with E-state index in [1.807, 2.05) is 56.3 Å². The van der Waals surface area contributed by atoms with Gasteiger partial charge >= 0.3 is 0 Å². The second-order valence-electron chi connectivity index (χ2n) is 9.60. The number of hydrogen-bond acceptors (Lipinski definition) is 4. The first-order valence-corrected chi connectivity index (χ1v) is 12.6. The van der Waals surface area contributed by atoms with E-state index in [0.717, 1.165) is 54.5 Å². The van der Waals surface area contributed by atoms with E-state index in [2.05, 4.69) is 13.0 Å². The van der Waals surface area contributed by atoms with Gasteiger partial charge in [-0.15, -0.1) is 0 Å². The number of hydrogen-bond donors (Lipinski definition) is 0. The number of halogens is 1. The topological polar surface area (TPSA) is 51.5 Å². The van der Waals surface area contributed by atoms with Gasteiger partial charge in [0.05, 0.1) is 18.1 Å². The van der Waals surface area contributed by atoms with Crippen LogP contribution < -0.4 is 14.2 Å². The molecular weight excluding hydrogens is 453 g/mol. The molecule has 4 nitrogen and oxygen atoms in total. The molecule has 0 aromatic heterocycles. The second kappa shape index (κ2) is 13.5. The minimum absolute atomic E-state index is 0.269. The van der Waals surface area contributed by atoms with E-state index in [4.69, 9.17) is 14.2 Å². The zero-order valence-corrected chi connectivity index (χ0v) is 21.6. The number of ether oxygens (including phenoxy) is 3. The molecule has 0 N–H and O–H groups in total. The van der Waals surface area contributed by atoms with E-state index < -0.39 is 0 Å². The normalized spacial score (nSPS) is 11.1. The Hall–Kier alpha value is -3.52. The lowest BCUT2D eigenvalue weighted by atomic mass is 9.89. The summed E-state index contributed by atoms with van der Waals surface area (Å²) in [5.74, 6) is 1.78. The lowest BCUT2D eigenvalue weighted by molar-refractivity contribution is 0.250. The van der Waals surface area contributed by atoms with E-state index in [1.165, 1.54) is 12.1 Å². The summed E-state index contributed by atoms with van der Waals surface area (Å²) in [4.78, 5) is 0. The number of rotatable bonds is 14. The Labute approximate surface area is 214 Å². The van der Waals surface area contributed by atoms with Gasteiger partial charge in [-0.3, -0.25) is 0 Å². The maximum atomic E-state index is 13.3. The lowest BCUT2D eigenvalue weighted by Gasteiger charge is -2.18. The van der Waals surface area contributed by atoms with E-state index >= 15 is 0 Å². The van der Waals surface area contributed by atoms with Gasteiger partial charge in [-0.2, -0.15) is 5.26 Å². The molecule has 0 unspecified atom stereocenters. The molecule has 0 bridgehead atoms. The third-order valence-corrected chi connectivity index (χ3v) is 6.06. The molecule has 0 fully saturated rings. The molecule has 3 rings (SSSR count). The van der Waals surface area contributed by atoms with Gasteiger partial charge in [0.1, 0.15) is 24.8 Å². The van der Waals surface area contributed by atoms with Crippen molar-refractivity contribution in [2.75, 3.05) is 6.61 Å². The average molecular weight is 490 g/mol. The van der Waals surface area contributed by atoms with E-state index in [9.17, 15) is 9.65 Å². The van der Waals surface area contributed by atoms with Crippen LogP contribution in [0.4, 0.5) is 4.39 Å². The quantitative estimate of drug-likeness (QED) is 0.215. The molecule has 3 aromatic rings. The standard InChI is InChI=1S/C31H36FNO3/c1-4-26-19-29(35-22-25-13-15-27(32)16-14-25)30(36-21-24-11-7-5-8-12-24)20-28(26)34-18-10-6-9-17-31(2,3)23-33/h5,7-8,11-16,19-20H,4,6,9-10,17-18,21-22H2,1-3H3. The second-order valence-corrected chi connectivity index (χ2v) is 9.60. The molecular formula is C31H36FNO3. The van der Waals surface area contributed by atoms with Crippen molar-refractivity contribution in [2.24, 2.45) is 5.41 Å². The monoisotopic (exact) mass is 489 g/mol. The molecule has 5 heteroatoms. The number of nitriles is 1. The Bertz CT molecular complexity index is 1120. The summed E-state index contributed by atoms with van der Waals surface area (Å²) in [5, 5.41) is 9.17. The van der Waals surface area contributed by atoms with Crippen LogP contribution in [0, 0.1) is 22.6 Å². The van der Waals surface area contributed by atoms with Gasteiger partial charge in [-0.25, -0.2) is 4.39 Å². The van der Waals surface area contributed by atoms with Gasteiger partial charge in [-0.1, -0.05) is 62.2 Å². The molecule has 0 saturated carbocycles. The third kappa shape index (κ3) is 8.61. The molecule has 0 amide bonds. The highest BCUT2D eigenvalue weighted by atomic mass is 19.1. The maximum Gasteiger partial charge on any atom is 0.165 e. The molecule has 190 valence electrons. The highest BCUT2D eigenvalue weighted by molar-refractivity contribution is 5.51. The van der Waals surface area contributed by atoms with Gasteiger partial charge in [0.15, 0.2) is 11.5 Å². The zero-order chi connectivity index (χ0) is 25.8. The summed E-state index contributed by atoms with van der Waals surface area (Å²) in [7, 11) is 0. The Morgan fingerprint density at radius 2 is 1.42 bits per heavy atom. The first-order chi connectivity index (χ1) is 17.4. The van der Waals surface area contributed by atoms with Crippen LogP contribution in [0.25, 0.3) is 0 Å². The van der Waals surface area contributed by atoms with Crippen molar-refractivity contribution in [2.45, 2.75) is 66.1 Å². The van der Waals surface area contributed by atoms with Crippen molar-refractivity contribution >= 4 is 0 Å². The van der Waals surface area contributed by atoms with Crippen molar-refractivity contribution in [3.8, 4) is 23.3 Å². The van der Waals surface area contributed by atoms with Gasteiger partial charge < -0.3 is 14.2 Å². The average Bonchev–Trinajstić information content (AvgIpc) is 2.90. The predicted molar refractivity (Wildman–Crippen MR) is 141 cm³/mol. The molecule has 36 heavy (non-hydrogen) atoms. The fourth-order valence-corrected chi connectivity index (χ4v) is 3.78. The largest absolute Gasteiger partial charge is 0.493 e. The van der Waals surface area contributed by atoms with Crippen molar-refractivity contribution in [3.05, 3.63) is 89.2 Å². The first-order valence-electron chi connectivity index (χ1n) is 12.6. The predicted octanol–water partition coefficient (Wildman–Crippen LogP) is 8.04. The van der Waals surface area contributed by atoms with Gasteiger partial charge in [0, 0.05) is 6.07 Å². The SMILES string of the molecule is CCc1cc(OCc2ccc(F)cc2)c(OCc2ccccc2)cc1OCCCCCC(C)(C)C#N. The fraction of sp³-hybridized carbons (Fsp3) is 0.387. The van der Waals surface area contributed by atoms with Crippen LogP contribution >= 0.6 is 0 Å². The fourth-order valence-electron chi connectivity index (χ4n) is 3.78. The molecule has 0 aliphatic heterocycles. The molecule has 0 spiro atoms. The van der Waals surface area contributed by atoms with Crippen molar-refractivity contribution in [1.82, 2.24) is 0 Å². The summed E-state index contributed by atoms with van der Waals surface area (Å²) in [6, 6.07) is 22.5. The van der Waals surface area contributed by atoms with Crippen LogP contribution in [0.5, 0.6) is 17.2 Å². The van der Waals surface area contributed by atoms with Crippen LogP contribution in [0.1, 0.15) is 63.1 Å². The van der Waals surface area contributed by atoms with Gasteiger partial charge in [-0.05, 0) is 68.0 Å². The Balaban J connectivity index is 1.69. The molecule has 0 aliphatic carbocycles. The van der Waals surface area contributed by atoms with Crippen molar-refractivity contribution in [3.63, 3.8) is 0 Å². The van der Waals surface area contributed by atoms with Crippen molar-refractivity contribution in [1.29, 1.82) is 5.26 Å². The number of nitrogens with zero attached hydrogens (tertiary/aromatic N) is 1. The zero-order valence-electron chi connectivity index (χ0n) is 21.6. The van der Waals surface area contributed by atoms with E-state index in [0.29, 0.717) is 31.3 Å². The summed E-state index contributed by atoms with van der Waals surface area (Å²) >= 11 is 0. The summed E-state index contributed by atoms with van der Waals surface area (Å²) in [6.07, 6.45) is 4.63. The molecule has 0 atom stereocenters. The van der Waals surface area contributed by atoms with Crippen molar-refractivity contribution < 1.29 is 18.6 Å².